The Morgan fingerprint density at radius 2 is 2.08 bits per heavy atom. The number of carbonyl (C=O) groups is 2. The van der Waals surface area contributed by atoms with Crippen LogP contribution in [0.15, 0.2) is 29.3 Å². The molecule has 1 aromatic heterocycles. The number of nitrogens with zero attached hydrogens (tertiary/aromatic N) is 2. The van der Waals surface area contributed by atoms with Gasteiger partial charge in [0.25, 0.3) is 0 Å². The van der Waals surface area contributed by atoms with Crippen molar-refractivity contribution in [3.05, 3.63) is 51.7 Å². The fourth-order valence-electron chi connectivity index (χ4n) is 3.85. The Bertz CT molecular complexity index is 1050. The van der Waals surface area contributed by atoms with Gasteiger partial charge in [0.15, 0.2) is 5.78 Å². The Balaban J connectivity index is 2.07. The summed E-state index contributed by atoms with van der Waals surface area (Å²) in [5.74, 6) is -1.90. The van der Waals surface area contributed by atoms with E-state index < -0.39 is 17.2 Å². The molecule has 4 rings (SSSR count). The number of pyridine rings is 1. The molecule has 26 heavy (non-hydrogen) atoms. The third-order valence-corrected chi connectivity index (χ3v) is 5.18. The number of carboxylic acids is 1. The number of aromatic nitrogens is 1. The molecule has 0 saturated carbocycles. The van der Waals surface area contributed by atoms with Crippen LogP contribution in [0, 0.1) is 5.82 Å². The van der Waals surface area contributed by atoms with Gasteiger partial charge >= 0.3 is 5.97 Å². The summed E-state index contributed by atoms with van der Waals surface area (Å²) in [5.41, 5.74) is 0.609. The molecule has 1 N–H and O–H groups in total. The number of aromatic carboxylic acids is 1. The lowest BCUT2D eigenvalue weighted by Crippen LogP contribution is -2.29. The lowest BCUT2D eigenvalue weighted by Gasteiger charge is -2.32. The van der Waals surface area contributed by atoms with E-state index in [9.17, 15) is 23.9 Å². The van der Waals surface area contributed by atoms with Crippen molar-refractivity contribution in [3.63, 3.8) is 0 Å². The summed E-state index contributed by atoms with van der Waals surface area (Å²) in [6.45, 7) is 2.32. The average molecular weight is 356 g/mol. The number of anilines is 1. The standard InChI is InChI=1S/C19H17FN2O4/c1-10-2-3-12-16-13(18(24)14(19(25)26)9-22(10)16)8-15(20)17(12)21-6-4-11(23)5-7-21/h4,6,8-10H,2-3,5,7H2,1H3,(H,25,26). The second-order valence-electron chi connectivity index (χ2n) is 6.78. The van der Waals surface area contributed by atoms with E-state index in [0.717, 1.165) is 6.07 Å². The van der Waals surface area contributed by atoms with Gasteiger partial charge in [-0.1, -0.05) is 0 Å². The topological polar surface area (TPSA) is 79.6 Å². The molecule has 0 spiro atoms. The molecule has 134 valence electrons. The van der Waals surface area contributed by atoms with Crippen molar-refractivity contribution in [1.29, 1.82) is 0 Å². The van der Waals surface area contributed by atoms with Crippen molar-refractivity contribution in [2.75, 3.05) is 11.4 Å². The van der Waals surface area contributed by atoms with E-state index in [1.807, 2.05) is 6.92 Å². The van der Waals surface area contributed by atoms with Crippen molar-refractivity contribution in [3.8, 4) is 0 Å². The molecule has 7 heteroatoms. The van der Waals surface area contributed by atoms with Crippen LogP contribution in [0.2, 0.25) is 0 Å². The molecule has 0 saturated heterocycles. The minimum absolute atomic E-state index is 0.000451. The van der Waals surface area contributed by atoms with Gasteiger partial charge in [-0.15, -0.1) is 0 Å². The summed E-state index contributed by atoms with van der Waals surface area (Å²) in [5, 5.41) is 9.40. The molecule has 6 nitrogen and oxygen atoms in total. The summed E-state index contributed by atoms with van der Waals surface area (Å²) in [4.78, 5) is 37.1. The molecule has 0 bridgehead atoms. The van der Waals surface area contributed by atoms with Gasteiger partial charge in [0, 0.05) is 42.4 Å². The normalized spacial score (nSPS) is 19.2. The second-order valence-corrected chi connectivity index (χ2v) is 6.78. The van der Waals surface area contributed by atoms with Crippen LogP contribution in [0.25, 0.3) is 10.9 Å². The van der Waals surface area contributed by atoms with Gasteiger partial charge in [0.2, 0.25) is 5.43 Å². The number of ketones is 1. The maximum absolute atomic E-state index is 15.0. The zero-order chi connectivity index (χ0) is 18.6. The number of allylic oxidation sites excluding steroid dienone is 1. The Morgan fingerprint density at radius 1 is 1.31 bits per heavy atom. The molecule has 2 aliphatic rings. The molecule has 1 atom stereocenters. The van der Waals surface area contributed by atoms with E-state index >= 15 is 0 Å². The number of benzene rings is 1. The SMILES string of the molecule is CC1CCc2c(N3C=CC(=O)CC3)c(F)cc3c(=O)c(C(=O)O)cn1c23. The molecular formula is C19H17FN2O4. The quantitative estimate of drug-likeness (QED) is 0.895. The molecule has 0 fully saturated rings. The van der Waals surface area contributed by atoms with Gasteiger partial charge < -0.3 is 14.6 Å². The highest BCUT2D eigenvalue weighted by atomic mass is 19.1. The van der Waals surface area contributed by atoms with Crippen LogP contribution < -0.4 is 10.3 Å². The van der Waals surface area contributed by atoms with E-state index in [4.69, 9.17) is 0 Å². The highest BCUT2D eigenvalue weighted by molar-refractivity contribution is 5.96. The van der Waals surface area contributed by atoms with Crippen LogP contribution in [0.1, 0.15) is 41.7 Å². The lowest BCUT2D eigenvalue weighted by atomic mass is 9.93. The molecule has 3 heterocycles. The van der Waals surface area contributed by atoms with Crippen LogP contribution in [0.5, 0.6) is 0 Å². The Labute approximate surface area is 148 Å². The predicted molar refractivity (Wildman–Crippen MR) is 94.3 cm³/mol. The number of carbonyl (C=O) groups excluding carboxylic acids is 1. The van der Waals surface area contributed by atoms with E-state index in [2.05, 4.69) is 0 Å². The van der Waals surface area contributed by atoms with Gasteiger partial charge in [-0.25, -0.2) is 9.18 Å². The van der Waals surface area contributed by atoms with Crippen molar-refractivity contribution in [1.82, 2.24) is 4.57 Å². The number of halogens is 1. The fourth-order valence-corrected chi connectivity index (χ4v) is 3.85. The average Bonchev–Trinajstić information content (AvgIpc) is 2.60. The van der Waals surface area contributed by atoms with Crippen LogP contribution in [0.4, 0.5) is 10.1 Å². The highest BCUT2D eigenvalue weighted by Gasteiger charge is 2.28. The second kappa shape index (κ2) is 5.79. The van der Waals surface area contributed by atoms with Crippen LogP contribution >= 0.6 is 0 Å². The van der Waals surface area contributed by atoms with E-state index in [-0.39, 0.29) is 22.8 Å². The number of rotatable bonds is 2. The summed E-state index contributed by atoms with van der Waals surface area (Å²) in [6, 6.07) is 1.13. The van der Waals surface area contributed by atoms with Gasteiger partial charge in [0.05, 0.1) is 11.2 Å². The molecule has 0 amide bonds. The fraction of sp³-hybridized carbons (Fsp3) is 0.316. The molecule has 2 aliphatic heterocycles. The summed E-state index contributed by atoms with van der Waals surface area (Å²) in [7, 11) is 0. The monoisotopic (exact) mass is 356 g/mol. The first kappa shape index (κ1) is 16.5. The van der Waals surface area contributed by atoms with Crippen molar-refractivity contribution in [2.24, 2.45) is 0 Å². The van der Waals surface area contributed by atoms with Gasteiger partial charge in [-0.2, -0.15) is 0 Å². The first-order valence-corrected chi connectivity index (χ1v) is 8.49. The zero-order valence-corrected chi connectivity index (χ0v) is 14.2. The Kier molecular flexibility index (Phi) is 3.68. The van der Waals surface area contributed by atoms with E-state index in [1.54, 1.807) is 15.7 Å². The summed E-state index contributed by atoms with van der Waals surface area (Å²) >= 11 is 0. The smallest absolute Gasteiger partial charge is 0.341 e. The van der Waals surface area contributed by atoms with Crippen molar-refractivity contribution < 1.29 is 19.1 Å². The summed E-state index contributed by atoms with van der Waals surface area (Å²) in [6.07, 6.45) is 5.93. The first-order valence-electron chi connectivity index (χ1n) is 8.49. The van der Waals surface area contributed by atoms with Gasteiger partial charge in [-0.05, 0) is 31.9 Å². The zero-order valence-electron chi connectivity index (χ0n) is 14.2. The van der Waals surface area contributed by atoms with E-state index in [1.165, 1.54) is 12.3 Å². The third kappa shape index (κ3) is 2.34. The van der Waals surface area contributed by atoms with Crippen LogP contribution in [-0.2, 0) is 11.2 Å². The molecule has 0 aliphatic carbocycles. The predicted octanol–water partition coefficient (Wildman–Crippen LogP) is 2.64. The lowest BCUT2D eigenvalue weighted by molar-refractivity contribution is -0.114. The summed E-state index contributed by atoms with van der Waals surface area (Å²) < 4.78 is 16.7. The highest BCUT2D eigenvalue weighted by Crippen LogP contribution is 2.38. The Morgan fingerprint density at radius 3 is 2.73 bits per heavy atom. The minimum Gasteiger partial charge on any atom is -0.477 e. The van der Waals surface area contributed by atoms with Gasteiger partial charge in [0.1, 0.15) is 11.4 Å². The molecule has 1 unspecified atom stereocenters. The molecular weight excluding hydrogens is 339 g/mol. The third-order valence-electron chi connectivity index (χ3n) is 5.18. The Hall–Kier alpha value is -2.96. The maximum atomic E-state index is 15.0. The van der Waals surface area contributed by atoms with Crippen LogP contribution in [-0.4, -0.2) is 28.0 Å². The van der Waals surface area contributed by atoms with E-state index in [0.29, 0.717) is 42.6 Å². The molecule has 2 aromatic rings. The molecule has 1 aromatic carbocycles. The number of aryl methyl sites for hydroxylation is 1. The number of hydrogen-bond acceptors (Lipinski definition) is 4. The first-order chi connectivity index (χ1) is 12.4. The number of carboxylic acid groups (broad SMARTS) is 1. The maximum Gasteiger partial charge on any atom is 0.341 e. The number of hydrogen-bond donors (Lipinski definition) is 1. The van der Waals surface area contributed by atoms with Gasteiger partial charge in [-0.3, -0.25) is 9.59 Å². The largest absolute Gasteiger partial charge is 0.477 e. The minimum atomic E-state index is -1.32. The van der Waals surface area contributed by atoms with Crippen molar-refractivity contribution in [2.45, 2.75) is 32.2 Å². The van der Waals surface area contributed by atoms with Crippen LogP contribution in [0.3, 0.4) is 0 Å². The molecule has 0 radical (unpaired) electrons. The van der Waals surface area contributed by atoms with Crippen molar-refractivity contribution >= 4 is 28.3 Å².